The molecule has 0 saturated carbocycles. The first-order valence-electron chi connectivity index (χ1n) is 6.41. The van der Waals surface area contributed by atoms with Gasteiger partial charge in [0.1, 0.15) is 5.75 Å². The molecule has 1 aromatic heterocycles. The lowest BCUT2D eigenvalue weighted by molar-refractivity contribution is 0.475. The average Bonchev–Trinajstić information content (AvgIpc) is 2.88. The van der Waals surface area contributed by atoms with Crippen LogP contribution in [-0.4, -0.2) is 26.2 Å². The van der Waals surface area contributed by atoms with E-state index in [1.54, 1.807) is 35.2 Å². The fraction of sp³-hybridized carbons (Fsp3) is 0. The second kappa shape index (κ2) is 6.25. The van der Waals surface area contributed by atoms with Crippen LogP contribution < -0.4 is 0 Å². The third kappa shape index (κ3) is 3.00. The van der Waals surface area contributed by atoms with Gasteiger partial charge in [-0.2, -0.15) is 14.9 Å². The molecule has 0 spiro atoms. The third-order valence-corrected chi connectivity index (χ3v) is 3.94. The van der Waals surface area contributed by atoms with Crippen molar-refractivity contribution in [3.8, 4) is 17.1 Å². The number of phenols is 1. The van der Waals surface area contributed by atoms with Gasteiger partial charge in [0.25, 0.3) is 0 Å². The molecule has 0 aliphatic rings. The van der Waals surface area contributed by atoms with Gasteiger partial charge in [-0.05, 0) is 54.2 Å². The number of rotatable bonds is 3. The van der Waals surface area contributed by atoms with Crippen molar-refractivity contribution in [2.75, 3.05) is 0 Å². The first-order chi connectivity index (χ1) is 10.6. The van der Waals surface area contributed by atoms with Gasteiger partial charge in [-0.25, -0.2) is 5.10 Å². The lowest BCUT2D eigenvalue weighted by Crippen LogP contribution is -1.95. The van der Waals surface area contributed by atoms with Gasteiger partial charge in [0.15, 0.2) is 5.82 Å². The van der Waals surface area contributed by atoms with Gasteiger partial charge in [0.2, 0.25) is 4.77 Å². The number of aromatic hydroxyl groups is 1. The van der Waals surface area contributed by atoms with Crippen LogP contribution in [0.25, 0.3) is 11.4 Å². The third-order valence-electron chi connectivity index (χ3n) is 2.98. The fourth-order valence-corrected chi connectivity index (χ4v) is 2.54. The van der Waals surface area contributed by atoms with Crippen molar-refractivity contribution in [2.24, 2.45) is 5.10 Å². The standard InChI is InChI=1S/C15H11BrN4OS/c16-13-4-2-1-3-12(13)14-18-19-15(22)20(14)17-9-10-5-7-11(21)8-6-10/h1-9,21H,(H,19,22)/b17-9-. The average molecular weight is 375 g/mol. The summed E-state index contributed by atoms with van der Waals surface area (Å²) in [6.07, 6.45) is 1.66. The summed E-state index contributed by atoms with van der Waals surface area (Å²) in [7, 11) is 0. The van der Waals surface area contributed by atoms with Gasteiger partial charge in [0.05, 0.1) is 6.21 Å². The Hall–Kier alpha value is -2.25. The number of aromatic nitrogens is 3. The van der Waals surface area contributed by atoms with Crippen LogP contribution in [0.1, 0.15) is 5.56 Å². The molecule has 0 radical (unpaired) electrons. The highest BCUT2D eigenvalue weighted by Gasteiger charge is 2.10. The van der Waals surface area contributed by atoms with E-state index in [0.29, 0.717) is 10.6 Å². The molecule has 0 aliphatic carbocycles. The lowest BCUT2D eigenvalue weighted by Gasteiger charge is -2.03. The van der Waals surface area contributed by atoms with Crippen LogP contribution in [0.2, 0.25) is 0 Å². The normalized spacial score (nSPS) is 11.1. The minimum Gasteiger partial charge on any atom is -0.508 e. The molecule has 3 rings (SSSR count). The van der Waals surface area contributed by atoms with Crippen LogP contribution in [0, 0.1) is 4.77 Å². The van der Waals surface area contributed by atoms with Gasteiger partial charge >= 0.3 is 0 Å². The number of benzene rings is 2. The summed E-state index contributed by atoms with van der Waals surface area (Å²) >= 11 is 8.73. The number of H-pyrrole nitrogens is 1. The summed E-state index contributed by atoms with van der Waals surface area (Å²) in [6, 6.07) is 14.4. The van der Waals surface area contributed by atoms with E-state index in [2.05, 4.69) is 31.2 Å². The van der Waals surface area contributed by atoms with Gasteiger partial charge < -0.3 is 5.11 Å². The Morgan fingerprint density at radius 2 is 1.91 bits per heavy atom. The predicted molar refractivity (Wildman–Crippen MR) is 91.6 cm³/mol. The summed E-state index contributed by atoms with van der Waals surface area (Å²) in [5, 5.41) is 20.6. The Kier molecular flexibility index (Phi) is 4.17. The van der Waals surface area contributed by atoms with E-state index >= 15 is 0 Å². The molecular weight excluding hydrogens is 364 g/mol. The van der Waals surface area contributed by atoms with Gasteiger partial charge in [0, 0.05) is 10.0 Å². The molecule has 2 aromatic carbocycles. The predicted octanol–water partition coefficient (Wildman–Crippen LogP) is 3.96. The van der Waals surface area contributed by atoms with Crippen molar-refractivity contribution in [2.45, 2.75) is 0 Å². The first-order valence-corrected chi connectivity index (χ1v) is 7.61. The molecule has 0 atom stereocenters. The highest BCUT2D eigenvalue weighted by molar-refractivity contribution is 9.10. The van der Waals surface area contributed by atoms with E-state index < -0.39 is 0 Å². The molecule has 0 saturated heterocycles. The number of phenolic OH excluding ortho intramolecular Hbond substituents is 1. The summed E-state index contributed by atoms with van der Waals surface area (Å²) in [5.41, 5.74) is 1.73. The zero-order valence-corrected chi connectivity index (χ0v) is 13.7. The van der Waals surface area contributed by atoms with Crippen molar-refractivity contribution < 1.29 is 5.11 Å². The van der Waals surface area contributed by atoms with Gasteiger partial charge in [-0.1, -0.05) is 28.1 Å². The number of hydrogen-bond donors (Lipinski definition) is 2. The second-order valence-corrected chi connectivity index (χ2v) is 5.72. The van der Waals surface area contributed by atoms with E-state index in [0.717, 1.165) is 15.6 Å². The van der Waals surface area contributed by atoms with Crippen LogP contribution in [0.15, 0.2) is 58.1 Å². The minimum atomic E-state index is 0.214. The summed E-state index contributed by atoms with van der Waals surface area (Å²) in [5.74, 6) is 0.832. The Morgan fingerprint density at radius 1 is 1.18 bits per heavy atom. The second-order valence-electron chi connectivity index (χ2n) is 4.48. The Balaban J connectivity index is 2.02. The molecule has 0 bridgehead atoms. The van der Waals surface area contributed by atoms with Crippen molar-refractivity contribution >= 4 is 34.4 Å². The molecule has 0 amide bonds. The van der Waals surface area contributed by atoms with E-state index in [4.69, 9.17) is 12.2 Å². The monoisotopic (exact) mass is 374 g/mol. The SMILES string of the molecule is Oc1ccc(/C=N\n2c(-c3ccccc3Br)n[nH]c2=S)cc1. The molecule has 0 aliphatic heterocycles. The van der Waals surface area contributed by atoms with Crippen molar-refractivity contribution in [1.29, 1.82) is 0 Å². The summed E-state index contributed by atoms with van der Waals surface area (Å²) < 4.78 is 2.87. The summed E-state index contributed by atoms with van der Waals surface area (Å²) in [4.78, 5) is 0. The van der Waals surface area contributed by atoms with Crippen LogP contribution >= 0.6 is 28.1 Å². The highest BCUT2D eigenvalue weighted by atomic mass is 79.9. The Labute approximate surface area is 140 Å². The number of nitrogens with one attached hydrogen (secondary N) is 1. The molecule has 5 nitrogen and oxygen atoms in total. The number of halogens is 1. The summed E-state index contributed by atoms with van der Waals surface area (Å²) in [6.45, 7) is 0. The van der Waals surface area contributed by atoms with Crippen LogP contribution in [-0.2, 0) is 0 Å². The smallest absolute Gasteiger partial charge is 0.216 e. The van der Waals surface area contributed by atoms with Crippen molar-refractivity contribution in [3.05, 3.63) is 63.3 Å². The van der Waals surface area contributed by atoms with Crippen LogP contribution in [0.4, 0.5) is 0 Å². The maximum atomic E-state index is 9.29. The van der Waals surface area contributed by atoms with Crippen LogP contribution in [0.5, 0.6) is 5.75 Å². The minimum absolute atomic E-state index is 0.214. The number of hydrogen-bond acceptors (Lipinski definition) is 4. The van der Waals surface area contributed by atoms with E-state index in [9.17, 15) is 5.11 Å². The zero-order chi connectivity index (χ0) is 15.5. The quantitative estimate of drug-likeness (QED) is 0.538. The van der Waals surface area contributed by atoms with Gasteiger partial charge in [-0.15, -0.1) is 0 Å². The van der Waals surface area contributed by atoms with E-state index in [-0.39, 0.29) is 5.75 Å². The first kappa shape index (κ1) is 14.7. The van der Waals surface area contributed by atoms with E-state index in [1.807, 2.05) is 24.3 Å². The molecule has 3 aromatic rings. The molecule has 7 heteroatoms. The Bertz CT molecular complexity index is 883. The van der Waals surface area contributed by atoms with Crippen molar-refractivity contribution in [1.82, 2.24) is 14.9 Å². The molecular formula is C15H11BrN4OS. The Morgan fingerprint density at radius 3 is 2.64 bits per heavy atom. The maximum absolute atomic E-state index is 9.29. The van der Waals surface area contributed by atoms with Crippen LogP contribution in [0.3, 0.4) is 0 Å². The number of nitrogens with zero attached hydrogens (tertiary/aromatic N) is 3. The zero-order valence-electron chi connectivity index (χ0n) is 11.3. The molecule has 0 fully saturated rings. The lowest BCUT2D eigenvalue weighted by atomic mass is 10.2. The fourth-order valence-electron chi connectivity index (χ4n) is 1.90. The molecule has 22 heavy (non-hydrogen) atoms. The van der Waals surface area contributed by atoms with Gasteiger partial charge in [-0.3, -0.25) is 0 Å². The highest BCUT2D eigenvalue weighted by Crippen LogP contribution is 2.26. The number of aromatic amines is 1. The molecule has 2 N–H and O–H groups in total. The maximum Gasteiger partial charge on any atom is 0.216 e. The molecule has 1 heterocycles. The van der Waals surface area contributed by atoms with Crippen molar-refractivity contribution in [3.63, 3.8) is 0 Å². The topological polar surface area (TPSA) is 66.2 Å². The largest absolute Gasteiger partial charge is 0.508 e. The molecule has 0 unspecified atom stereocenters. The van der Waals surface area contributed by atoms with E-state index in [1.165, 1.54) is 0 Å². The molecule has 110 valence electrons.